The van der Waals surface area contributed by atoms with Gasteiger partial charge in [-0.1, -0.05) is 30.9 Å². The van der Waals surface area contributed by atoms with Crippen LogP contribution in [0.3, 0.4) is 0 Å². The maximum atomic E-state index is 5.73. The third kappa shape index (κ3) is 4.13. The van der Waals surface area contributed by atoms with E-state index in [1.54, 1.807) is 28.4 Å². The molecule has 3 aromatic rings. The monoisotopic (exact) mass is 404 g/mol. The SMILES string of the molecule is C=Cc1ccc(OC)c(Cc2c(OC)ccc3ccc(OC)cc23)c1/C=C(\C)OC. The quantitative estimate of drug-likeness (QED) is 0.425. The lowest BCUT2D eigenvalue weighted by atomic mass is 9.91. The first-order valence-corrected chi connectivity index (χ1v) is 9.74. The Morgan fingerprint density at radius 1 is 0.867 bits per heavy atom. The molecule has 0 heterocycles. The average Bonchev–Trinajstić information content (AvgIpc) is 2.79. The maximum absolute atomic E-state index is 5.73. The van der Waals surface area contributed by atoms with Crippen LogP contribution in [0.15, 0.2) is 54.8 Å². The Hall–Kier alpha value is -3.40. The summed E-state index contributed by atoms with van der Waals surface area (Å²) in [6.45, 7) is 5.91. The molecule has 30 heavy (non-hydrogen) atoms. The Morgan fingerprint density at radius 3 is 2.17 bits per heavy atom. The molecule has 0 aliphatic rings. The van der Waals surface area contributed by atoms with Crippen LogP contribution in [0.4, 0.5) is 0 Å². The number of methoxy groups -OCH3 is 4. The smallest absolute Gasteiger partial charge is 0.123 e. The van der Waals surface area contributed by atoms with Crippen molar-refractivity contribution in [3.05, 3.63) is 77.1 Å². The molecule has 4 heteroatoms. The summed E-state index contributed by atoms with van der Waals surface area (Å²) in [5.41, 5.74) is 4.14. The van der Waals surface area contributed by atoms with E-state index in [2.05, 4.69) is 18.7 Å². The van der Waals surface area contributed by atoms with Crippen molar-refractivity contribution in [2.45, 2.75) is 13.3 Å². The summed E-state index contributed by atoms with van der Waals surface area (Å²) in [6, 6.07) is 14.1. The van der Waals surface area contributed by atoms with Gasteiger partial charge in [-0.05, 0) is 59.2 Å². The molecule has 3 rings (SSSR count). The van der Waals surface area contributed by atoms with Crippen LogP contribution < -0.4 is 14.2 Å². The van der Waals surface area contributed by atoms with E-state index in [1.165, 1.54) is 0 Å². The fourth-order valence-corrected chi connectivity index (χ4v) is 3.67. The van der Waals surface area contributed by atoms with Crippen molar-refractivity contribution < 1.29 is 18.9 Å². The fourth-order valence-electron chi connectivity index (χ4n) is 3.67. The normalized spacial score (nSPS) is 11.3. The molecule has 4 nitrogen and oxygen atoms in total. The Kier molecular flexibility index (Phi) is 6.68. The van der Waals surface area contributed by atoms with Gasteiger partial charge in [0.1, 0.15) is 17.2 Å². The number of ether oxygens (including phenoxy) is 4. The largest absolute Gasteiger partial charge is 0.501 e. The standard InChI is InChI=1S/C26H28O4/c1-7-18-9-12-25(29-5)23(21(18)14-17(2)27-3)16-24-22-15-20(28-4)11-8-19(22)10-13-26(24)30-6/h7-15H,1,16H2,2-6H3/b17-14+. The molecule has 0 N–H and O–H groups in total. The number of hydrogen-bond acceptors (Lipinski definition) is 4. The van der Waals surface area contributed by atoms with Gasteiger partial charge in [0.05, 0.1) is 34.2 Å². The number of rotatable bonds is 8. The van der Waals surface area contributed by atoms with Crippen molar-refractivity contribution in [2.75, 3.05) is 28.4 Å². The van der Waals surface area contributed by atoms with Crippen molar-refractivity contribution in [3.63, 3.8) is 0 Å². The van der Waals surface area contributed by atoms with Gasteiger partial charge in [0, 0.05) is 17.5 Å². The highest BCUT2D eigenvalue weighted by Crippen LogP contribution is 2.37. The van der Waals surface area contributed by atoms with E-state index in [4.69, 9.17) is 18.9 Å². The topological polar surface area (TPSA) is 36.9 Å². The first kappa shape index (κ1) is 21.3. The lowest BCUT2D eigenvalue weighted by Gasteiger charge is -2.18. The fraction of sp³-hybridized carbons (Fsp3) is 0.231. The van der Waals surface area contributed by atoms with Crippen LogP contribution in [-0.4, -0.2) is 28.4 Å². The van der Waals surface area contributed by atoms with E-state index in [1.807, 2.05) is 49.4 Å². The molecule has 0 saturated heterocycles. The van der Waals surface area contributed by atoms with Gasteiger partial charge >= 0.3 is 0 Å². The predicted octanol–water partition coefficient (Wildman–Crippen LogP) is 6.11. The van der Waals surface area contributed by atoms with Crippen molar-refractivity contribution in [3.8, 4) is 17.2 Å². The zero-order valence-electron chi connectivity index (χ0n) is 18.2. The van der Waals surface area contributed by atoms with Crippen molar-refractivity contribution in [1.82, 2.24) is 0 Å². The minimum absolute atomic E-state index is 0.612. The second-order valence-corrected chi connectivity index (χ2v) is 6.92. The second kappa shape index (κ2) is 9.40. The zero-order valence-corrected chi connectivity index (χ0v) is 18.2. The summed E-state index contributed by atoms with van der Waals surface area (Å²) in [6.07, 6.45) is 4.48. The van der Waals surface area contributed by atoms with Gasteiger partial charge in [-0.2, -0.15) is 0 Å². The van der Waals surface area contributed by atoms with Crippen LogP contribution in [-0.2, 0) is 11.2 Å². The Bertz CT molecular complexity index is 1090. The molecule has 3 aromatic carbocycles. The van der Waals surface area contributed by atoms with E-state index in [0.717, 1.165) is 56.0 Å². The van der Waals surface area contributed by atoms with Crippen molar-refractivity contribution >= 4 is 22.9 Å². The Labute approximate surface area is 178 Å². The van der Waals surface area contributed by atoms with E-state index in [9.17, 15) is 0 Å². The van der Waals surface area contributed by atoms with Crippen LogP contribution in [0.25, 0.3) is 22.9 Å². The predicted molar refractivity (Wildman–Crippen MR) is 124 cm³/mol. The highest BCUT2D eigenvalue weighted by molar-refractivity contribution is 5.89. The summed E-state index contributed by atoms with van der Waals surface area (Å²) >= 11 is 0. The molecule has 0 atom stereocenters. The van der Waals surface area contributed by atoms with Gasteiger partial charge in [0.2, 0.25) is 0 Å². The molecule has 0 amide bonds. The summed E-state index contributed by atoms with van der Waals surface area (Å²) in [5, 5.41) is 2.20. The van der Waals surface area contributed by atoms with Gasteiger partial charge in [-0.25, -0.2) is 0 Å². The van der Waals surface area contributed by atoms with Gasteiger partial charge in [0.25, 0.3) is 0 Å². The molecule has 0 bridgehead atoms. The summed E-state index contributed by atoms with van der Waals surface area (Å²) in [5.74, 6) is 3.23. The molecular weight excluding hydrogens is 376 g/mol. The number of fused-ring (bicyclic) bond motifs is 1. The Morgan fingerprint density at radius 2 is 1.53 bits per heavy atom. The van der Waals surface area contributed by atoms with Gasteiger partial charge < -0.3 is 18.9 Å². The van der Waals surface area contributed by atoms with Crippen molar-refractivity contribution in [1.29, 1.82) is 0 Å². The molecule has 0 unspecified atom stereocenters. The molecule has 156 valence electrons. The molecular formula is C26H28O4. The van der Waals surface area contributed by atoms with Gasteiger partial charge in [-0.3, -0.25) is 0 Å². The van der Waals surface area contributed by atoms with E-state index >= 15 is 0 Å². The van der Waals surface area contributed by atoms with Gasteiger partial charge in [-0.15, -0.1) is 0 Å². The molecule has 0 radical (unpaired) electrons. The third-order valence-electron chi connectivity index (χ3n) is 5.33. The highest BCUT2D eigenvalue weighted by Gasteiger charge is 2.17. The van der Waals surface area contributed by atoms with Crippen molar-refractivity contribution in [2.24, 2.45) is 0 Å². The molecule has 0 spiro atoms. The van der Waals surface area contributed by atoms with Crippen LogP contribution in [0.5, 0.6) is 17.2 Å². The minimum Gasteiger partial charge on any atom is -0.501 e. The van der Waals surface area contributed by atoms with Crippen LogP contribution in [0.1, 0.15) is 29.2 Å². The molecule has 0 aromatic heterocycles. The van der Waals surface area contributed by atoms with Crippen LogP contribution in [0.2, 0.25) is 0 Å². The Balaban J connectivity index is 2.30. The minimum atomic E-state index is 0.612. The van der Waals surface area contributed by atoms with Crippen LogP contribution in [0, 0.1) is 0 Å². The highest BCUT2D eigenvalue weighted by atomic mass is 16.5. The number of allylic oxidation sites excluding steroid dienone is 1. The lowest BCUT2D eigenvalue weighted by Crippen LogP contribution is -2.02. The maximum Gasteiger partial charge on any atom is 0.123 e. The number of benzene rings is 3. The molecule has 0 fully saturated rings. The van der Waals surface area contributed by atoms with E-state index in [-0.39, 0.29) is 0 Å². The van der Waals surface area contributed by atoms with Crippen LogP contribution >= 0.6 is 0 Å². The molecule has 0 saturated carbocycles. The zero-order chi connectivity index (χ0) is 21.7. The average molecular weight is 405 g/mol. The first-order valence-electron chi connectivity index (χ1n) is 9.74. The molecule has 0 aliphatic carbocycles. The van der Waals surface area contributed by atoms with E-state index < -0.39 is 0 Å². The van der Waals surface area contributed by atoms with Gasteiger partial charge in [0.15, 0.2) is 0 Å². The first-order chi connectivity index (χ1) is 14.6. The summed E-state index contributed by atoms with van der Waals surface area (Å²) < 4.78 is 22.4. The lowest BCUT2D eigenvalue weighted by molar-refractivity contribution is 0.297. The summed E-state index contributed by atoms with van der Waals surface area (Å²) in [7, 11) is 6.72. The molecule has 0 aliphatic heterocycles. The number of hydrogen-bond donors (Lipinski definition) is 0. The third-order valence-corrected chi connectivity index (χ3v) is 5.33. The second-order valence-electron chi connectivity index (χ2n) is 6.92. The van der Waals surface area contributed by atoms with E-state index in [0.29, 0.717) is 6.42 Å². The summed E-state index contributed by atoms with van der Waals surface area (Å²) in [4.78, 5) is 0.